The molecule has 0 heterocycles. The van der Waals surface area contributed by atoms with Crippen molar-refractivity contribution in [2.75, 3.05) is 13.2 Å². The molecule has 0 rings (SSSR count). The summed E-state index contributed by atoms with van der Waals surface area (Å²) < 4.78 is 16.7. The summed E-state index contributed by atoms with van der Waals surface area (Å²) in [4.78, 5) is 38.2. The molecule has 79 heavy (non-hydrogen) atoms. The third-order valence-electron chi connectivity index (χ3n) is 12.4. The summed E-state index contributed by atoms with van der Waals surface area (Å²) in [6.45, 7) is 6.27. The zero-order valence-corrected chi connectivity index (χ0v) is 50.3. The molecule has 0 aliphatic carbocycles. The Morgan fingerprint density at radius 3 is 0.861 bits per heavy atom. The van der Waals surface area contributed by atoms with Gasteiger partial charge in [0.05, 0.1) is 6.42 Å². The fourth-order valence-corrected chi connectivity index (χ4v) is 7.80. The van der Waals surface area contributed by atoms with Gasteiger partial charge in [0.15, 0.2) is 6.10 Å². The molecule has 0 aliphatic heterocycles. The maximum absolute atomic E-state index is 12.8. The molecular formula is C73H112O6. The van der Waals surface area contributed by atoms with Gasteiger partial charge < -0.3 is 14.2 Å². The van der Waals surface area contributed by atoms with E-state index in [1.54, 1.807) is 6.08 Å². The van der Waals surface area contributed by atoms with Gasteiger partial charge in [-0.25, -0.2) is 0 Å². The molecule has 0 aliphatic rings. The zero-order chi connectivity index (χ0) is 57.1. The van der Waals surface area contributed by atoms with E-state index in [-0.39, 0.29) is 38.0 Å². The molecule has 0 saturated heterocycles. The lowest BCUT2D eigenvalue weighted by Crippen LogP contribution is -2.30. The van der Waals surface area contributed by atoms with Gasteiger partial charge >= 0.3 is 17.9 Å². The highest BCUT2D eigenvalue weighted by Crippen LogP contribution is 2.12. The molecule has 440 valence electrons. The highest BCUT2D eigenvalue weighted by atomic mass is 16.6. The Kier molecular flexibility index (Phi) is 60.5. The summed E-state index contributed by atoms with van der Waals surface area (Å²) in [6, 6.07) is 0. The van der Waals surface area contributed by atoms with Crippen molar-refractivity contribution in [3.8, 4) is 0 Å². The average molecular weight is 1090 g/mol. The van der Waals surface area contributed by atoms with Crippen LogP contribution in [0.5, 0.6) is 0 Å². The maximum atomic E-state index is 12.8. The summed E-state index contributed by atoms with van der Waals surface area (Å²) in [5, 5.41) is 0. The quantitative estimate of drug-likeness (QED) is 0.0261. The SMILES string of the molecule is CC/C=C\C/C=C\C/C=C\C/C=C\C/C=C\C/C=C\C/C=C\C/C=C\C/C=C\CCCCCC(=O)OCC(COC(=O)CCCCCCC/C=C\CCCCCCCC)OC(=O)C/C=C\C/C=C\C/C=C\C/C=C\C/C=C\CC. The first-order valence-electron chi connectivity index (χ1n) is 31.3. The second-order valence-electron chi connectivity index (χ2n) is 19.9. The Morgan fingerprint density at radius 1 is 0.278 bits per heavy atom. The lowest BCUT2D eigenvalue weighted by atomic mass is 10.1. The molecule has 0 aromatic rings. The second kappa shape index (κ2) is 65.0. The normalized spacial score (nSPS) is 13.4. The maximum Gasteiger partial charge on any atom is 0.310 e. The minimum absolute atomic E-state index is 0.0786. The molecule has 0 saturated carbocycles. The van der Waals surface area contributed by atoms with Gasteiger partial charge in [-0.05, 0) is 141 Å². The summed E-state index contributed by atoms with van der Waals surface area (Å²) >= 11 is 0. The molecule has 0 fully saturated rings. The van der Waals surface area contributed by atoms with E-state index in [4.69, 9.17) is 14.2 Å². The van der Waals surface area contributed by atoms with Crippen LogP contribution in [0.1, 0.15) is 239 Å². The van der Waals surface area contributed by atoms with E-state index in [2.05, 4.69) is 191 Å². The monoisotopic (exact) mass is 1080 g/mol. The molecule has 0 N–H and O–H groups in total. The van der Waals surface area contributed by atoms with Crippen LogP contribution in [0.15, 0.2) is 182 Å². The summed E-state index contributed by atoms with van der Waals surface area (Å²) in [5.74, 6) is -1.12. The lowest BCUT2D eigenvalue weighted by Gasteiger charge is -2.18. The molecule has 0 bridgehead atoms. The Hall–Kier alpha value is -5.49. The van der Waals surface area contributed by atoms with Gasteiger partial charge in [-0.2, -0.15) is 0 Å². The van der Waals surface area contributed by atoms with Crippen molar-refractivity contribution < 1.29 is 28.6 Å². The van der Waals surface area contributed by atoms with E-state index in [1.165, 1.54) is 51.4 Å². The summed E-state index contributed by atoms with van der Waals surface area (Å²) in [5.41, 5.74) is 0. The molecule has 0 amide bonds. The van der Waals surface area contributed by atoms with E-state index >= 15 is 0 Å². The average Bonchev–Trinajstić information content (AvgIpc) is 3.45. The number of rotatable bonds is 54. The third-order valence-corrected chi connectivity index (χ3v) is 12.4. The number of carbonyl (C=O) groups is 3. The van der Waals surface area contributed by atoms with E-state index in [9.17, 15) is 14.4 Å². The Morgan fingerprint density at radius 2 is 0.532 bits per heavy atom. The van der Waals surface area contributed by atoms with Crippen LogP contribution in [0.25, 0.3) is 0 Å². The summed E-state index contributed by atoms with van der Waals surface area (Å²) in [6.07, 6.45) is 97.8. The van der Waals surface area contributed by atoms with Crippen molar-refractivity contribution >= 4 is 17.9 Å². The standard InChI is InChI=1S/C73H112O6/c1-4-7-10-13-16-19-22-25-28-29-30-31-32-33-34-35-36-37-38-39-40-41-42-43-46-48-51-54-57-60-63-66-72(75)78-69-70(79-73(76)67-64-61-58-55-52-49-45-27-24-21-18-15-12-9-6-3)68-77-71(74)65-62-59-56-53-50-47-44-26-23-20-17-14-11-8-5-2/h7,9-10,12,16,18-19,21,25-28,30-31,33-34,36-37,39-40,42-45,48,51-52,55,61,64,70H,4-6,8,11,13-15,17,20,22-24,29,32,35,38,41,46-47,49-50,53-54,56-60,62-63,65-69H2,1-3H3/b10-7-,12-9-,19-16-,21-18-,28-25-,31-30-,34-33-,37-36-,40-39-,43-42-,44-26-,45-27-,51-48-,55-52-,64-61-. The van der Waals surface area contributed by atoms with Gasteiger partial charge in [-0.15, -0.1) is 0 Å². The van der Waals surface area contributed by atoms with Crippen LogP contribution in [0, 0.1) is 0 Å². The minimum Gasteiger partial charge on any atom is -0.462 e. The van der Waals surface area contributed by atoms with Crippen molar-refractivity contribution in [3.05, 3.63) is 182 Å². The molecule has 0 spiro atoms. The van der Waals surface area contributed by atoms with Gasteiger partial charge in [-0.1, -0.05) is 261 Å². The van der Waals surface area contributed by atoms with Crippen LogP contribution >= 0.6 is 0 Å². The number of hydrogen-bond donors (Lipinski definition) is 0. The molecular weight excluding hydrogens is 973 g/mol. The van der Waals surface area contributed by atoms with E-state index in [0.29, 0.717) is 12.8 Å². The Balaban J connectivity index is 4.49. The summed E-state index contributed by atoms with van der Waals surface area (Å²) in [7, 11) is 0. The van der Waals surface area contributed by atoms with Gasteiger partial charge in [0, 0.05) is 12.8 Å². The number of unbranched alkanes of at least 4 members (excludes halogenated alkanes) is 14. The number of esters is 3. The van der Waals surface area contributed by atoms with Gasteiger partial charge in [0.1, 0.15) is 13.2 Å². The van der Waals surface area contributed by atoms with Crippen molar-refractivity contribution in [2.24, 2.45) is 0 Å². The van der Waals surface area contributed by atoms with Crippen LogP contribution in [0.4, 0.5) is 0 Å². The van der Waals surface area contributed by atoms with Crippen molar-refractivity contribution in [1.29, 1.82) is 0 Å². The van der Waals surface area contributed by atoms with Gasteiger partial charge in [0.25, 0.3) is 0 Å². The van der Waals surface area contributed by atoms with Crippen LogP contribution in [-0.2, 0) is 28.6 Å². The predicted octanol–water partition coefficient (Wildman–Crippen LogP) is 21.7. The highest BCUT2D eigenvalue weighted by Gasteiger charge is 2.19. The molecule has 1 atom stereocenters. The number of hydrogen-bond acceptors (Lipinski definition) is 6. The molecule has 6 heteroatoms. The first kappa shape index (κ1) is 73.5. The van der Waals surface area contributed by atoms with Crippen LogP contribution in [0.3, 0.4) is 0 Å². The van der Waals surface area contributed by atoms with Crippen LogP contribution in [-0.4, -0.2) is 37.2 Å². The zero-order valence-electron chi connectivity index (χ0n) is 50.3. The Labute approximate surface area is 484 Å². The fourth-order valence-electron chi connectivity index (χ4n) is 7.80. The minimum atomic E-state index is -0.860. The smallest absolute Gasteiger partial charge is 0.310 e. The van der Waals surface area contributed by atoms with Crippen molar-refractivity contribution in [2.45, 2.75) is 245 Å². The van der Waals surface area contributed by atoms with Crippen LogP contribution in [0.2, 0.25) is 0 Å². The largest absolute Gasteiger partial charge is 0.462 e. The molecule has 0 aromatic heterocycles. The highest BCUT2D eigenvalue weighted by molar-refractivity contribution is 5.72. The first-order valence-corrected chi connectivity index (χ1v) is 31.3. The topological polar surface area (TPSA) is 78.9 Å². The second-order valence-corrected chi connectivity index (χ2v) is 19.9. The molecule has 6 nitrogen and oxygen atoms in total. The number of ether oxygens (including phenoxy) is 3. The first-order chi connectivity index (χ1) is 39.0. The van der Waals surface area contributed by atoms with E-state index < -0.39 is 12.1 Å². The number of carbonyl (C=O) groups excluding carboxylic acids is 3. The third kappa shape index (κ3) is 63.2. The van der Waals surface area contributed by atoms with Crippen molar-refractivity contribution in [3.63, 3.8) is 0 Å². The Bertz CT molecular complexity index is 1870. The predicted molar refractivity (Wildman–Crippen MR) is 343 cm³/mol. The molecule has 0 aromatic carbocycles. The van der Waals surface area contributed by atoms with Gasteiger partial charge in [0.2, 0.25) is 0 Å². The van der Waals surface area contributed by atoms with Gasteiger partial charge in [-0.3, -0.25) is 14.4 Å². The van der Waals surface area contributed by atoms with Crippen LogP contribution < -0.4 is 0 Å². The molecule has 0 radical (unpaired) electrons. The van der Waals surface area contributed by atoms with Crippen molar-refractivity contribution in [1.82, 2.24) is 0 Å². The fraction of sp³-hybridized carbons (Fsp3) is 0.548. The lowest BCUT2D eigenvalue weighted by molar-refractivity contribution is -0.166. The number of allylic oxidation sites excluding steroid dienone is 29. The van der Waals surface area contributed by atoms with E-state index in [1.807, 2.05) is 6.08 Å². The van der Waals surface area contributed by atoms with E-state index in [0.717, 1.165) is 141 Å². The molecule has 1 unspecified atom stereocenters.